The predicted molar refractivity (Wildman–Crippen MR) is 82.9 cm³/mol. The molecule has 7 heteroatoms. The summed E-state index contributed by atoms with van der Waals surface area (Å²) < 4.78 is 23.0. The minimum atomic E-state index is -2.98. The van der Waals surface area contributed by atoms with E-state index in [1.54, 1.807) is 11.3 Å². The van der Waals surface area contributed by atoms with Crippen LogP contribution in [0.25, 0.3) is 0 Å². The third-order valence-electron chi connectivity index (χ3n) is 4.23. The fourth-order valence-corrected chi connectivity index (χ4v) is 5.48. The first-order chi connectivity index (χ1) is 10.0. The Bertz CT molecular complexity index is 590. The maximum atomic E-state index is 12.4. The zero-order valence-corrected chi connectivity index (χ0v) is 13.5. The van der Waals surface area contributed by atoms with Gasteiger partial charge in [0.15, 0.2) is 9.84 Å². The lowest BCUT2D eigenvalue weighted by Gasteiger charge is -2.35. The molecule has 0 bridgehead atoms. The van der Waals surface area contributed by atoms with Crippen LogP contribution in [-0.4, -0.2) is 61.8 Å². The number of hydrogen-bond donors (Lipinski definition) is 0. The van der Waals surface area contributed by atoms with Crippen molar-refractivity contribution in [3.05, 3.63) is 22.4 Å². The molecule has 0 radical (unpaired) electrons. The maximum absolute atomic E-state index is 12.4. The van der Waals surface area contributed by atoms with Gasteiger partial charge in [-0.05, 0) is 17.9 Å². The van der Waals surface area contributed by atoms with Gasteiger partial charge in [-0.25, -0.2) is 8.42 Å². The van der Waals surface area contributed by atoms with Crippen LogP contribution < -0.4 is 0 Å². The van der Waals surface area contributed by atoms with Crippen molar-refractivity contribution < 1.29 is 13.2 Å². The average Bonchev–Trinajstić information content (AvgIpc) is 3.08. The minimum absolute atomic E-state index is 0.0341. The molecule has 1 amide bonds. The Hall–Kier alpha value is -0.920. The quantitative estimate of drug-likeness (QED) is 0.825. The van der Waals surface area contributed by atoms with Crippen molar-refractivity contribution in [3.8, 4) is 0 Å². The first-order valence-corrected chi connectivity index (χ1v) is 9.97. The van der Waals surface area contributed by atoms with Crippen molar-refractivity contribution >= 4 is 27.1 Å². The van der Waals surface area contributed by atoms with E-state index >= 15 is 0 Å². The normalized spacial score (nSPS) is 26.1. The Morgan fingerprint density at radius 3 is 2.62 bits per heavy atom. The van der Waals surface area contributed by atoms with E-state index < -0.39 is 9.84 Å². The fourth-order valence-electron chi connectivity index (χ4n) is 3.00. The second-order valence-corrected chi connectivity index (χ2v) is 9.04. The van der Waals surface area contributed by atoms with E-state index in [4.69, 9.17) is 0 Å². The fraction of sp³-hybridized carbons (Fsp3) is 0.643. The summed E-state index contributed by atoms with van der Waals surface area (Å²) >= 11 is 1.75. The van der Waals surface area contributed by atoms with Crippen LogP contribution in [0.3, 0.4) is 0 Å². The third kappa shape index (κ3) is 3.64. The van der Waals surface area contributed by atoms with Gasteiger partial charge in [-0.2, -0.15) is 0 Å². The molecule has 0 saturated carbocycles. The van der Waals surface area contributed by atoms with Crippen LogP contribution in [0.5, 0.6) is 0 Å². The topological polar surface area (TPSA) is 57.7 Å². The molecule has 2 aliphatic rings. The third-order valence-corrected chi connectivity index (χ3v) is 6.85. The summed E-state index contributed by atoms with van der Waals surface area (Å²) in [6.45, 7) is 4.09. The molecule has 0 aromatic carbocycles. The highest BCUT2D eigenvalue weighted by atomic mass is 32.2. The molecule has 3 rings (SSSR count). The molecule has 2 fully saturated rings. The maximum Gasteiger partial charge on any atom is 0.226 e. The zero-order valence-electron chi connectivity index (χ0n) is 11.9. The molecule has 1 aromatic heterocycles. The van der Waals surface area contributed by atoms with Gasteiger partial charge in [-0.1, -0.05) is 6.07 Å². The van der Waals surface area contributed by atoms with Crippen LogP contribution in [0.4, 0.5) is 0 Å². The zero-order chi connectivity index (χ0) is 14.9. The number of carbonyl (C=O) groups excluding carboxylic acids is 1. The number of nitrogens with zero attached hydrogens (tertiary/aromatic N) is 2. The first kappa shape index (κ1) is 15.0. The van der Waals surface area contributed by atoms with E-state index in [1.165, 1.54) is 4.88 Å². The van der Waals surface area contributed by atoms with Gasteiger partial charge in [-0.15, -0.1) is 11.3 Å². The Morgan fingerprint density at radius 2 is 2.05 bits per heavy atom. The monoisotopic (exact) mass is 328 g/mol. The van der Waals surface area contributed by atoms with Gasteiger partial charge in [0.1, 0.15) is 0 Å². The van der Waals surface area contributed by atoms with E-state index in [2.05, 4.69) is 22.4 Å². The van der Waals surface area contributed by atoms with Gasteiger partial charge in [0, 0.05) is 37.6 Å². The molecular formula is C14H20N2O3S2. The summed E-state index contributed by atoms with van der Waals surface area (Å²) in [5.41, 5.74) is 0. The largest absolute Gasteiger partial charge is 0.340 e. The van der Waals surface area contributed by atoms with Crippen LogP contribution in [0.1, 0.15) is 11.3 Å². The number of rotatable bonds is 3. The van der Waals surface area contributed by atoms with E-state index in [1.807, 2.05) is 4.90 Å². The van der Waals surface area contributed by atoms with Crippen LogP contribution in [0, 0.1) is 5.92 Å². The minimum Gasteiger partial charge on any atom is -0.340 e. The standard InChI is InChI=1S/C14H20N2O3S2/c17-14(12-3-9-21(18,19)11-12)16-6-4-15(5-7-16)10-13-2-1-8-20-13/h1-2,8,12H,3-7,9-11H2. The van der Waals surface area contributed by atoms with Crippen LogP contribution in [0.2, 0.25) is 0 Å². The lowest BCUT2D eigenvalue weighted by atomic mass is 10.1. The average molecular weight is 328 g/mol. The number of thiophene rings is 1. The Morgan fingerprint density at radius 1 is 1.29 bits per heavy atom. The Labute approximate surface area is 129 Å². The van der Waals surface area contributed by atoms with Crippen molar-refractivity contribution in [3.63, 3.8) is 0 Å². The van der Waals surface area contributed by atoms with E-state index in [0.717, 1.165) is 19.6 Å². The van der Waals surface area contributed by atoms with Gasteiger partial charge >= 0.3 is 0 Å². The number of piperazine rings is 1. The highest BCUT2D eigenvalue weighted by Crippen LogP contribution is 2.22. The van der Waals surface area contributed by atoms with Crippen LogP contribution >= 0.6 is 11.3 Å². The summed E-state index contributed by atoms with van der Waals surface area (Å²) in [7, 11) is -2.98. The van der Waals surface area contributed by atoms with Crippen LogP contribution in [0.15, 0.2) is 17.5 Å². The van der Waals surface area contributed by atoms with Crippen molar-refractivity contribution in [2.45, 2.75) is 13.0 Å². The molecule has 0 N–H and O–H groups in total. The van der Waals surface area contributed by atoms with Gasteiger partial charge in [-0.3, -0.25) is 9.69 Å². The Kier molecular flexibility index (Phi) is 4.33. The van der Waals surface area contributed by atoms with Crippen molar-refractivity contribution in [2.24, 2.45) is 5.92 Å². The smallest absolute Gasteiger partial charge is 0.226 e. The number of amides is 1. The van der Waals surface area contributed by atoms with Gasteiger partial charge in [0.2, 0.25) is 5.91 Å². The summed E-state index contributed by atoms with van der Waals surface area (Å²) in [5, 5.41) is 2.08. The molecule has 1 atom stereocenters. The lowest BCUT2D eigenvalue weighted by molar-refractivity contribution is -0.136. The summed E-state index contributed by atoms with van der Waals surface area (Å²) in [5.74, 6) is -0.0612. The molecule has 0 spiro atoms. The second-order valence-electron chi connectivity index (χ2n) is 5.78. The van der Waals surface area contributed by atoms with Crippen molar-refractivity contribution in [2.75, 3.05) is 37.7 Å². The number of carbonyl (C=O) groups is 1. The van der Waals surface area contributed by atoms with Gasteiger partial charge < -0.3 is 4.90 Å². The number of sulfone groups is 1. The summed E-state index contributed by atoms with van der Waals surface area (Å²) in [4.78, 5) is 17.9. The Balaban J connectivity index is 1.50. The van der Waals surface area contributed by atoms with E-state index in [9.17, 15) is 13.2 Å². The molecule has 5 nitrogen and oxygen atoms in total. The molecular weight excluding hydrogens is 308 g/mol. The van der Waals surface area contributed by atoms with Gasteiger partial charge in [0.05, 0.1) is 17.4 Å². The molecule has 21 heavy (non-hydrogen) atoms. The van der Waals surface area contributed by atoms with Crippen LogP contribution in [-0.2, 0) is 21.2 Å². The number of hydrogen-bond acceptors (Lipinski definition) is 5. The second kappa shape index (κ2) is 6.06. The van der Waals surface area contributed by atoms with Crippen molar-refractivity contribution in [1.29, 1.82) is 0 Å². The molecule has 116 valence electrons. The molecule has 0 aliphatic carbocycles. The molecule has 1 aromatic rings. The van der Waals surface area contributed by atoms with E-state index in [-0.39, 0.29) is 23.3 Å². The lowest BCUT2D eigenvalue weighted by Crippen LogP contribution is -2.50. The van der Waals surface area contributed by atoms with Crippen molar-refractivity contribution in [1.82, 2.24) is 9.80 Å². The van der Waals surface area contributed by atoms with E-state index in [0.29, 0.717) is 19.5 Å². The summed E-state index contributed by atoms with van der Waals surface area (Å²) in [6.07, 6.45) is 0.497. The molecule has 1 unspecified atom stereocenters. The highest BCUT2D eigenvalue weighted by Gasteiger charge is 2.36. The first-order valence-electron chi connectivity index (χ1n) is 7.27. The molecule has 3 heterocycles. The highest BCUT2D eigenvalue weighted by molar-refractivity contribution is 7.91. The molecule has 2 saturated heterocycles. The predicted octanol–water partition coefficient (Wildman–Crippen LogP) is 0.827. The summed E-state index contributed by atoms with van der Waals surface area (Å²) in [6, 6.07) is 4.19. The SMILES string of the molecule is O=C(C1CCS(=O)(=O)C1)N1CCN(Cc2cccs2)CC1. The van der Waals surface area contributed by atoms with Gasteiger partial charge in [0.25, 0.3) is 0 Å². The molecule has 2 aliphatic heterocycles.